The van der Waals surface area contributed by atoms with Crippen molar-refractivity contribution in [1.82, 2.24) is 9.55 Å². The summed E-state index contributed by atoms with van der Waals surface area (Å²) >= 11 is 0. The highest BCUT2D eigenvalue weighted by molar-refractivity contribution is 5.02. The summed E-state index contributed by atoms with van der Waals surface area (Å²) in [6.45, 7) is 2.00. The van der Waals surface area contributed by atoms with Gasteiger partial charge in [-0.15, -0.1) is 0 Å². The zero-order chi connectivity index (χ0) is 15.4. The molecule has 114 valence electrons. The molecule has 8 heteroatoms. The third-order valence-corrected chi connectivity index (χ3v) is 3.30. The Morgan fingerprint density at radius 3 is 3.10 bits per heavy atom. The number of aliphatic hydroxyl groups is 1. The van der Waals surface area contributed by atoms with Crippen LogP contribution in [0.1, 0.15) is 24.6 Å². The minimum Gasteiger partial charge on any atom is -0.390 e. The third kappa shape index (κ3) is 3.58. The lowest BCUT2D eigenvalue weighted by molar-refractivity contribution is -0.0627. The lowest BCUT2D eigenvalue weighted by Crippen LogP contribution is -2.33. The molecule has 2 heterocycles. The van der Waals surface area contributed by atoms with E-state index >= 15 is 0 Å². The standard InChI is InChI=1S/C13H17N3O5/c1-8-6-16(13(19)15-12(8)18)11-5-9(17)10(21-11)7-20-4-2-3-14/h6,9-11,17H,2,4-5,7H2,1H3,(H,15,18,19)/t9-,10+,11+/m0/s1. The number of H-pyrrole nitrogens is 1. The normalized spacial score (nSPS) is 24.9. The number of aliphatic hydroxyl groups excluding tert-OH is 1. The van der Waals surface area contributed by atoms with E-state index in [1.165, 1.54) is 10.8 Å². The largest absolute Gasteiger partial charge is 0.390 e. The average Bonchev–Trinajstić information content (AvgIpc) is 2.80. The maximum absolute atomic E-state index is 11.8. The molecule has 8 nitrogen and oxygen atoms in total. The first-order valence-corrected chi connectivity index (χ1v) is 6.63. The number of hydrogen-bond acceptors (Lipinski definition) is 6. The van der Waals surface area contributed by atoms with E-state index in [4.69, 9.17) is 14.7 Å². The van der Waals surface area contributed by atoms with Gasteiger partial charge in [0.1, 0.15) is 12.3 Å². The summed E-state index contributed by atoms with van der Waals surface area (Å²) in [7, 11) is 0. The number of aromatic nitrogens is 2. The summed E-state index contributed by atoms with van der Waals surface area (Å²) in [4.78, 5) is 25.3. The Hall–Kier alpha value is -1.95. The van der Waals surface area contributed by atoms with Gasteiger partial charge in [-0.3, -0.25) is 14.3 Å². The van der Waals surface area contributed by atoms with Gasteiger partial charge in [-0.05, 0) is 6.92 Å². The number of nitrogens with zero attached hydrogens (tertiary/aromatic N) is 2. The fraction of sp³-hybridized carbons (Fsp3) is 0.615. The minimum atomic E-state index is -0.767. The van der Waals surface area contributed by atoms with Crippen LogP contribution in [0.15, 0.2) is 15.8 Å². The highest BCUT2D eigenvalue weighted by Gasteiger charge is 2.35. The van der Waals surface area contributed by atoms with E-state index in [1.54, 1.807) is 6.92 Å². The van der Waals surface area contributed by atoms with Crippen LogP contribution in [-0.4, -0.2) is 40.1 Å². The number of hydrogen-bond donors (Lipinski definition) is 2. The number of ether oxygens (including phenoxy) is 2. The summed E-state index contributed by atoms with van der Waals surface area (Å²) in [6.07, 6.45) is -0.0587. The molecule has 1 aromatic rings. The fourth-order valence-corrected chi connectivity index (χ4v) is 2.15. The van der Waals surface area contributed by atoms with Crippen LogP contribution in [0.3, 0.4) is 0 Å². The lowest BCUT2D eigenvalue weighted by Gasteiger charge is -2.16. The van der Waals surface area contributed by atoms with E-state index < -0.39 is 29.7 Å². The molecule has 21 heavy (non-hydrogen) atoms. The van der Waals surface area contributed by atoms with Gasteiger partial charge in [-0.1, -0.05) is 0 Å². The molecule has 0 saturated carbocycles. The molecule has 2 N–H and O–H groups in total. The molecule has 1 saturated heterocycles. The van der Waals surface area contributed by atoms with E-state index in [1.807, 2.05) is 6.07 Å². The van der Waals surface area contributed by atoms with E-state index in [9.17, 15) is 14.7 Å². The van der Waals surface area contributed by atoms with Crippen molar-refractivity contribution in [2.24, 2.45) is 0 Å². The molecule has 0 aliphatic carbocycles. The monoisotopic (exact) mass is 295 g/mol. The Morgan fingerprint density at radius 2 is 2.38 bits per heavy atom. The van der Waals surface area contributed by atoms with Crippen molar-refractivity contribution < 1.29 is 14.6 Å². The van der Waals surface area contributed by atoms with Crippen molar-refractivity contribution in [3.63, 3.8) is 0 Å². The van der Waals surface area contributed by atoms with Crippen LogP contribution in [0.2, 0.25) is 0 Å². The summed E-state index contributed by atoms with van der Waals surface area (Å²) in [5, 5.41) is 18.3. The maximum atomic E-state index is 11.8. The van der Waals surface area contributed by atoms with Crippen molar-refractivity contribution in [2.45, 2.75) is 38.2 Å². The van der Waals surface area contributed by atoms with Crippen molar-refractivity contribution in [3.05, 3.63) is 32.6 Å². The zero-order valence-electron chi connectivity index (χ0n) is 11.6. The molecule has 1 aliphatic heterocycles. The van der Waals surface area contributed by atoms with Crippen LogP contribution in [0, 0.1) is 18.3 Å². The number of rotatable bonds is 5. The van der Waals surface area contributed by atoms with E-state index in [0.29, 0.717) is 5.56 Å². The second kappa shape index (κ2) is 6.67. The van der Waals surface area contributed by atoms with Gasteiger partial charge in [0.15, 0.2) is 0 Å². The fourth-order valence-electron chi connectivity index (χ4n) is 2.15. The first kappa shape index (κ1) is 15.4. The number of nitriles is 1. The van der Waals surface area contributed by atoms with Gasteiger partial charge >= 0.3 is 5.69 Å². The predicted octanol–water partition coefficient (Wildman–Crippen LogP) is -0.576. The van der Waals surface area contributed by atoms with Crippen LogP contribution in [-0.2, 0) is 9.47 Å². The van der Waals surface area contributed by atoms with Gasteiger partial charge in [-0.2, -0.15) is 5.26 Å². The second-order valence-corrected chi connectivity index (χ2v) is 4.89. The predicted molar refractivity (Wildman–Crippen MR) is 71.6 cm³/mol. The van der Waals surface area contributed by atoms with Crippen molar-refractivity contribution in [1.29, 1.82) is 5.26 Å². The van der Waals surface area contributed by atoms with Crippen LogP contribution >= 0.6 is 0 Å². The molecule has 0 aromatic carbocycles. The Bertz CT molecular complexity index is 644. The molecule has 2 rings (SSSR count). The highest BCUT2D eigenvalue weighted by Crippen LogP contribution is 2.27. The van der Waals surface area contributed by atoms with Crippen LogP contribution < -0.4 is 11.2 Å². The lowest BCUT2D eigenvalue weighted by atomic mass is 10.2. The van der Waals surface area contributed by atoms with E-state index in [0.717, 1.165) is 0 Å². The maximum Gasteiger partial charge on any atom is 0.330 e. The molecule has 0 radical (unpaired) electrons. The van der Waals surface area contributed by atoms with Crippen molar-refractivity contribution in [3.8, 4) is 6.07 Å². The number of aromatic amines is 1. The molecule has 3 atom stereocenters. The molecule has 0 spiro atoms. The molecular formula is C13H17N3O5. The van der Waals surface area contributed by atoms with Gasteiger partial charge in [0, 0.05) is 18.2 Å². The van der Waals surface area contributed by atoms with Gasteiger partial charge in [0.05, 0.1) is 31.8 Å². The molecular weight excluding hydrogens is 278 g/mol. The van der Waals surface area contributed by atoms with Gasteiger partial charge < -0.3 is 14.6 Å². The Balaban J connectivity index is 2.04. The Labute approximate surface area is 120 Å². The molecule has 0 unspecified atom stereocenters. The summed E-state index contributed by atoms with van der Waals surface area (Å²) in [5.74, 6) is 0. The average molecular weight is 295 g/mol. The Kier molecular flexibility index (Phi) is 4.90. The minimum absolute atomic E-state index is 0.149. The number of nitrogens with one attached hydrogen (secondary N) is 1. The molecule has 1 fully saturated rings. The first-order chi connectivity index (χ1) is 10.0. The van der Waals surface area contributed by atoms with E-state index in [-0.39, 0.29) is 26.1 Å². The summed E-state index contributed by atoms with van der Waals surface area (Å²) in [5.41, 5.74) is -0.624. The Morgan fingerprint density at radius 1 is 1.62 bits per heavy atom. The smallest absolute Gasteiger partial charge is 0.330 e. The van der Waals surface area contributed by atoms with Gasteiger partial charge in [0.25, 0.3) is 5.56 Å². The second-order valence-electron chi connectivity index (χ2n) is 4.89. The van der Waals surface area contributed by atoms with Crippen molar-refractivity contribution >= 4 is 0 Å². The molecule has 1 aromatic heterocycles. The SMILES string of the molecule is Cc1cn([C@H]2C[C@H](O)[C@@H](COCCC#N)O2)c(=O)[nH]c1=O. The van der Waals surface area contributed by atoms with Crippen molar-refractivity contribution in [2.75, 3.05) is 13.2 Å². The molecule has 0 bridgehead atoms. The third-order valence-electron chi connectivity index (χ3n) is 3.30. The van der Waals surface area contributed by atoms with Gasteiger partial charge in [-0.25, -0.2) is 4.79 Å². The molecule has 0 amide bonds. The van der Waals surface area contributed by atoms with E-state index in [2.05, 4.69) is 4.98 Å². The van der Waals surface area contributed by atoms with Crippen LogP contribution in [0.5, 0.6) is 0 Å². The quantitative estimate of drug-likeness (QED) is 0.702. The highest BCUT2D eigenvalue weighted by atomic mass is 16.6. The van der Waals surface area contributed by atoms with Crippen LogP contribution in [0.4, 0.5) is 0 Å². The first-order valence-electron chi connectivity index (χ1n) is 6.63. The number of aryl methyl sites for hydroxylation is 1. The summed E-state index contributed by atoms with van der Waals surface area (Å²) in [6, 6.07) is 1.95. The van der Waals surface area contributed by atoms with Gasteiger partial charge in [0.2, 0.25) is 0 Å². The van der Waals surface area contributed by atoms with Crippen LogP contribution in [0.25, 0.3) is 0 Å². The summed E-state index contributed by atoms with van der Waals surface area (Å²) < 4.78 is 12.1. The molecule has 1 aliphatic rings. The topological polar surface area (TPSA) is 117 Å². The zero-order valence-corrected chi connectivity index (χ0v) is 11.6.